The average molecular weight is 240 g/mol. The van der Waals surface area contributed by atoms with Gasteiger partial charge < -0.3 is 5.73 Å². The van der Waals surface area contributed by atoms with Gasteiger partial charge in [0.1, 0.15) is 5.01 Å². The van der Waals surface area contributed by atoms with Crippen molar-refractivity contribution in [3.05, 3.63) is 15.6 Å². The van der Waals surface area contributed by atoms with Gasteiger partial charge in [0.25, 0.3) is 0 Å². The van der Waals surface area contributed by atoms with E-state index in [1.54, 1.807) is 11.3 Å². The number of hydrogen-bond acceptors (Lipinski definition) is 3. The van der Waals surface area contributed by atoms with Crippen LogP contribution in [0.4, 0.5) is 0 Å². The monoisotopic (exact) mass is 240 g/mol. The van der Waals surface area contributed by atoms with E-state index < -0.39 is 0 Å². The molecule has 0 saturated heterocycles. The number of unbranched alkanes of at least 4 members (excludes halogenated alkanes) is 2. The minimum Gasteiger partial charge on any atom is -0.320 e. The Kier molecular flexibility index (Phi) is 4.93. The van der Waals surface area contributed by atoms with E-state index >= 15 is 0 Å². The van der Waals surface area contributed by atoms with Gasteiger partial charge in [-0.2, -0.15) is 0 Å². The molecule has 1 unspecified atom stereocenters. The molecule has 1 rings (SSSR count). The number of thiazole rings is 1. The number of nitrogens with two attached hydrogens (primary N) is 1. The van der Waals surface area contributed by atoms with Crippen LogP contribution < -0.4 is 5.73 Å². The third-order valence-corrected chi connectivity index (χ3v) is 4.31. The van der Waals surface area contributed by atoms with Crippen LogP contribution in [-0.4, -0.2) is 4.98 Å². The molecule has 0 aliphatic heterocycles. The summed E-state index contributed by atoms with van der Waals surface area (Å²) in [6.45, 7) is 8.62. The molecule has 1 atom stereocenters. The maximum Gasteiger partial charge on any atom is 0.113 e. The van der Waals surface area contributed by atoms with E-state index in [-0.39, 0.29) is 5.54 Å². The Labute approximate surface area is 103 Å². The van der Waals surface area contributed by atoms with E-state index in [4.69, 9.17) is 5.73 Å². The molecule has 1 heterocycles. The maximum atomic E-state index is 6.36. The predicted molar refractivity (Wildman–Crippen MR) is 71.9 cm³/mol. The summed E-state index contributed by atoms with van der Waals surface area (Å²) in [5.74, 6) is 0. The lowest BCUT2D eigenvalue weighted by molar-refractivity contribution is 0.424. The van der Waals surface area contributed by atoms with Gasteiger partial charge in [-0.15, -0.1) is 11.3 Å². The van der Waals surface area contributed by atoms with Crippen molar-refractivity contribution in [2.45, 2.75) is 65.3 Å². The van der Waals surface area contributed by atoms with Gasteiger partial charge in [0, 0.05) is 4.88 Å². The van der Waals surface area contributed by atoms with Crippen molar-refractivity contribution >= 4 is 11.3 Å². The Hall–Kier alpha value is -0.410. The molecule has 0 aliphatic rings. The molecule has 2 N–H and O–H groups in total. The quantitative estimate of drug-likeness (QED) is 0.769. The Bertz CT molecular complexity index is 329. The van der Waals surface area contributed by atoms with Crippen molar-refractivity contribution in [1.29, 1.82) is 0 Å². The Morgan fingerprint density at radius 2 is 2.00 bits per heavy atom. The molecule has 0 fully saturated rings. The summed E-state index contributed by atoms with van der Waals surface area (Å²) in [5, 5.41) is 1.11. The number of nitrogens with zero attached hydrogens (tertiary/aromatic N) is 1. The number of rotatable bonds is 6. The highest BCUT2D eigenvalue weighted by molar-refractivity contribution is 7.11. The van der Waals surface area contributed by atoms with Crippen molar-refractivity contribution in [3.8, 4) is 0 Å². The van der Waals surface area contributed by atoms with Crippen molar-refractivity contribution in [1.82, 2.24) is 4.98 Å². The third-order valence-electron chi connectivity index (χ3n) is 3.02. The fourth-order valence-corrected chi connectivity index (χ4v) is 2.94. The van der Waals surface area contributed by atoms with E-state index in [9.17, 15) is 0 Å². The summed E-state index contributed by atoms with van der Waals surface area (Å²) in [5.41, 5.74) is 7.34. The molecular formula is C13H24N2S. The lowest BCUT2D eigenvalue weighted by Gasteiger charge is -2.21. The number of hydrogen-bond donors (Lipinski definition) is 1. The second-order valence-corrected chi connectivity index (χ2v) is 5.95. The van der Waals surface area contributed by atoms with Crippen LogP contribution in [0, 0.1) is 6.92 Å². The Morgan fingerprint density at radius 3 is 2.50 bits per heavy atom. The zero-order chi connectivity index (χ0) is 12.2. The SMILES string of the molecule is CCCCCC(C)(N)c1nc(CC)c(C)s1. The zero-order valence-corrected chi connectivity index (χ0v) is 11.8. The van der Waals surface area contributed by atoms with Crippen LogP contribution in [0.2, 0.25) is 0 Å². The summed E-state index contributed by atoms with van der Waals surface area (Å²) in [6.07, 6.45) is 5.75. The second kappa shape index (κ2) is 5.78. The first-order chi connectivity index (χ1) is 7.51. The van der Waals surface area contributed by atoms with Crippen LogP contribution >= 0.6 is 11.3 Å². The topological polar surface area (TPSA) is 38.9 Å². The molecule has 0 radical (unpaired) electrons. The lowest BCUT2D eigenvalue weighted by Crippen LogP contribution is -2.32. The minimum absolute atomic E-state index is 0.238. The molecule has 0 bridgehead atoms. The van der Waals surface area contributed by atoms with Crippen molar-refractivity contribution in [2.24, 2.45) is 5.73 Å². The Balaban J connectivity index is 2.72. The molecule has 3 heteroatoms. The van der Waals surface area contributed by atoms with Gasteiger partial charge in [-0.05, 0) is 26.7 Å². The van der Waals surface area contributed by atoms with E-state index in [1.165, 1.54) is 29.8 Å². The van der Waals surface area contributed by atoms with Gasteiger partial charge in [0.05, 0.1) is 11.2 Å². The van der Waals surface area contributed by atoms with Gasteiger partial charge >= 0.3 is 0 Å². The smallest absolute Gasteiger partial charge is 0.113 e. The van der Waals surface area contributed by atoms with Crippen LogP contribution in [-0.2, 0) is 12.0 Å². The first kappa shape index (κ1) is 13.7. The van der Waals surface area contributed by atoms with E-state index in [0.717, 1.165) is 17.8 Å². The third kappa shape index (κ3) is 3.29. The highest BCUT2D eigenvalue weighted by Crippen LogP contribution is 2.30. The lowest BCUT2D eigenvalue weighted by atomic mass is 9.96. The van der Waals surface area contributed by atoms with Gasteiger partial charge in [-0.1, -0.05) is 33.1 Å². The van der Waals surface area contributed by atoms with Gasteiger partial charge in [0.2, 0.25) is 0 Å². The van der Waals surface area contributed by atoms with Crippen molar-refractivity contribution in [2.75, 3.05) is 0 Å². The molecule has 0 aromatic carbocycles. The minimum atomic E-state index is -0.238. The highest BCUT2D eigenvalue weighted by atomic mass is 32.1. The summed E-state index contributed by atoms with van der Waals surface area (Å²) >= 11 is 1.77. The first-order valence-electron chi connectivity index (χ1n) is 6.27. The summed E-state index contributed by atoms with van der Waals surface area (Å²) in [7, 11) is 0. The van der Waals surface area contributed by atoms with Crippen LogP contribution in [0.5, 0.6) is 0 Å². The first-order valence-corrected chi connectivity index (χ1v) is 7.08. The predicted octanol–water partition coefficient (Wildman–Crippen LogP) is 3.77. The van der Waals surface area contributed by atoms with E-state index in [0.29, 0.717) is 0 Å². The molecule has 16 heavy (non-hydrogen) atoms. The van der Waals surface area contributed by atoms with Gasteiger partial charge in [0.15, 0.2) is 0 Å². The molecule has 0 amide bonds. The fourth-order valence-electron chi connectivity index (χ4n) is 1.85. The number of aromatic nitrogens is 1. The van der Waals surface area contributed by atoms with Gasteiger partial charge in [-0.3, -0.25) is 0 Å². The highest BCUT2D eigenvalue weighted by Gasteiger charge is 2.25. The number of aryl methyl sites for hydroxylation is 2. The van der Waals surface area contributed by atoms with E-state index in [1.807, 2.05) is 0 Å². The normalized spacial score (nSPS) is 15.1. The summed E-state index contributed by atoms with van der Waals surface area (Å²) < 4.78 is 0. The van der Waals surface area contributed by atoms with Crippen molar-refractivity contribution in [3.63, 3.8) is 0 Å². The molecule has 1 aromatic rings. The Morgan fingerprint density at radius 1 is 1.31 bits per heavy atom. The average Bonchev–Trinajstić information content (AvgIpc) is 2.60. The molecule has 0 spiro atoms. The van der Waals surface area contributed by atoms with Gasteiger partial charge in [-0.25, -0.2) is 4.98 Å². The molecule has 92 valence electrons. The fraction of sp³-hybridized carbons (Fsp3) is 0.769. The molecule has 0 aliphatic carbocycles. The summed E-state index contributed by atoms with van der Waals surface area (Å²) in [6, 6.07) is 0. The van der Waals surface area contributed by atoms with E-state index in [2.05, 4.69) is 32.7 Å². The standard InChI is InChI=1S/C13H24N2S/c1-5-7-8-9-13(4,14)12-15-11(6-2)10(3)16-12/h5-9,14H2,1-4H3. The summed E-state index contributed by atoms with van der Waals surface area (Å²) in [4.78, 5) is 6.00. The van der Waals surface area contributed by atoms with Crippen LogP contribution in [0.15, 0.2) is 0 Å². The largest absolute Gasteiger partial charge is 0.320 e. The maximum absolute atomic E-state index is 6.36. The van der Waals surface area contributed by atoms with Crippen LogP contribution in [0.25, 0.3) is 0 Å². The molecule has 2 nitrogen and oxygen atoms in total. The molecule has 1 aromatic heterocycles. The molecule has 0 saturated carbocycles. The van der Waals surface area contributed by atoms with Crippen LogP contribution in [0.3, 0.4) is 0 Å². The molecular weight excluding hydrogens is 216 g/mol. The van der Waals surface area contributed by atoms with Crippen molar-refractivity contribution < 1.29 is 0 Å². The second-order valence-electron chi connectivity index (χ2n) is 4.75. The van der Waals surface area contributed by atoms with Crippen LogP contribution in [0.1, 0.15) is 62.0 Å². The zero-order valence-electron chi connectivity index (χ0n) is 11.0.